The first-order valence-electron chi connectivity index (χ1n) is 5.80. The molecule has 2 rings (SSSR count). The molecule has 0 bridgehead atoms. The predicted molar refractivity (Wildman–Crippen MR) is 61.9 cm³/mol. The number of hydrogen-bond acceptors (Lipinski definition) is 2. The highest BCUT2D eigenvalue weighted by Gasteiger charge is 2.49. The standard InChI is InChI=1S/C13H16FNO2/c14-11-4-2-1-3-10(11)5-8-15-12(17)13(9-16)6-7-13/h1-4,16H,5-9H2,(H,15,17). The fraction of sp³-hybridized carbons (Fsp3) is 0.462. The summed E-state index contributed by atoms with van der Waals surface area (Å²) >= 11 is 0. The number of halogens is 1. The highest BCUT2D eigenvalue weighted by Crippen LogP contribution is 2.45. The van der Waals surface area contributed by atoms with E-state index in [9.17, 15) is 9.18 Å². The molecule has 1 aliphatic carbocycles. The van der Waals surface area contributed by atoms with Crippen LogP contribution in [-0.4, -0.2) is 24.2 Å². The Balaban J connectivity index is 1.80. The second kappa shape index (κ2) is 4.84. The normalized spacial score (nSPS) is 16.6. The number of carbonyl (C=O) groups is 1. The van der Waals surface area contributed by atoms with Gasteiger partial charge in [0, 0.05) is 6.54 Å². The topological polar surface area (TPSA) is 49.3 Å². The summed E-state index contributed by atoms with van der Waals surface area (Å²) in [5.74, 6) is -0.360. The molecule has 2 N–H and O–H groups in total. The zero-order valence-corrected chi connectivity index (χ0v) is 9.58. The van der Waals surface area contributed by atoms with Crippen molar-refractivity contribution >= 4 is 5.91 Å². The van der Waals surface area contributed by atoms with Crippen molar-refractivity contribution in [2.75, 3.05) is 13.2 Å². The van der Waals surface area contributed by atoms with E-state index < -0.39 is 5.41 Å². The second-order valence-corrected chi connectivity index (χ2v) is 4.54. The van der Waals surface area contributed by atoms with Crippen LogP contribution in [0.15, 0.2) is 24.3 Å². The summed E-state index contributed by atoms with van der Waals surface area (Å²) < 4.78 is 13.3. The smallest absolute Gasteiger partial charge is 0.228 e. The molecule has 1 saturated carbocycles. The van der Waals surface area contributed by atoms with Gasteiger partial charge in [-0.25, -0.2) is 4.39 Å². The molecular weight excluding hydrogens is 221 g/mol. The summed E-state index contributed by atoms with van der Waals surface area (Å²) in [6.45, 7) is 0.306. The minimum atomic E-state index is -0.546. The summed E-state index contributed by atoms with van der Waals surface area (Å²) in [5, 5.41) is 11.8. The van der Waals surface area contributed by atoms with E-state index in [4.69, 9.17) is 5.11 Å². The molecule has 17 heavy (non-hydrogen) atoms. The predicted octanol–water partition coefficient (Wildman–Crippen LogP) is 1.26. The van der Waals surface area contributed by atoms with Crippen LogP contribution >= 0.6 is 0 Å². The molecule has 92 valence electrons. The summed E-state index contributed by atoms with van der Waals surface area (Å²) in [6.07, 6.45) is 1.96. The minimum Gasteiger partial charge on any atom is -0.395 e. The zero-order chi connectivity index (χ0) is 12.3. The third-order valence-electron chi connectivity index (χ3n) is 3.28. The molecule has 1 amide bonds. The van der Waals surface area contributed by atoms with Crippen molar-refractivity contribution in [3.63, 3.8) is 0 Å². The van der Waals surface area contributed by atoms with Gasteiger partial charge >= 0.3 is 0 Å². The van der Waals surface area contributed by atoms with Crippen molar-refractivity contribution in [1.29, 1.82) is 0 Å². The monoisotopic (exact) mass is 237 g/mol. The molecule has 4 heteroatoms. The molecule has 0 atom stereocenters. The number of aliphatic hydroxyl groups is 1. The fourth-order valence-corrected chi connectivity index (χ4v) is 1.81. The van der Waals surface area contributed by atoms with Crippen LogP contribution in [0.25, 0.3) is 0 Å². The van der Waals surface area contributed by atoms with Gasteiger partial charge in [0.15, 0.2) is 0 Å². The first-order valence-corrected chi connectivity index (χ1v) is 5.80. The fourth-order valence-electron chi connectivity index (χ4n) is 1.81. The van der Waals surface area contributed by atoms with Gasteiger partial charge in [-0.2, -0.15) is 0 Å². The second-order valence-electron chi connectivity index (χ2n) is 4.54. The molecule has 0 heterocycles. The van der Waals surface area contributed by atoms with E-state index in [0.717, 1.165) is 12.8 Å². The summed E-state index contributed by atoms with van der Waals surface area (Å²) in [4.78, 5) is 11.7. The van der Waals surface area contributed by atoms with Gasteiger partial charge in [-0.15, -0.1) is 0 Å². The van der Waals surface area contributed by atoms with Crippen LogP contribution in [0.4, 0.5) is 4.39 Å². The highest BCUT2D eigenvalue weighted by molar-refractivity contribution is 5.85. The molecule has 1 aromatic carbocycles. The van der Waals surface area contributed by atoms with Gasteiger partial charge in [0.2, 0.25) is 5.91 Å². The van der Waals surface area contributed by atoms with Crippen LogP contribution in [0.3, 0.4) is 0 Å². The van der Waals surface area contributed by atoms with Crippen LogP contribution in [0, 0.1) is 11.2 Å². The van der Waals surface area contributed by atoms with Crippen LogP contribution < -0.4 is 5.32 Å². The van der Waals surface area contributed by atoms with Crippen molar-refractivity contribution in [2.45, 2.75) is 19.3 Å². The van der Waals surface area contributed by atoms with E-state index in [1.165, 1.54) is 6.07 Å². The first-order chi connectivity index (χ1) is 8.18. The quantitative estimate of drug-likeness (QED) is 0.810. The van der Waals surface area contributed by atoms with E-state index in [1.54, 1.807) is 18.2 Å². The van der Waals surface area contributed by atoms with E-state index in [-0.39, 0.29) is 18.3 Å². The summed E-state index contributed by atoms with van der Waals surface area (Å²) in [6, 6.07) is 6.53. The Kier molecular flexibility index (Phi) is 3.43. The van der Waals surface area contributed by atoms with Crippen LogP contribution in [0.5, 0.6) is 0 Å². The van der Waals surface area contributed by atoms with Gasteiger partial charge in [0.25, 0.3) is 0 Å². The lowest BCUT2D eigenvalue weighted by Gasteiger charge is -2.12. The Labute approximate surface area is 99.7 Å². The zero-order valence-electron chi connectivity index (χ0n) is 9.58. The first kappa shape index (κ1) is 12.0. The lowest BCUT2D eigenvalue weighted by atomic mass is 10.1. The van der Waals surface area contributed by atoms with Crippen LogP contribution in [0.1, 0.15) is 18.4 Å². The molecule has 0 radical (unpaired) electrons. The number of benzene rings is 1. The summed E-state index contributed by atoms with van der Waals surface area (Å²) in [5.41, 5.74) is 0.0523. The number of carbonyl (C=O) groups excluding carboxylic acids is 1. The maximum Gasteiger partial charge on any atom is 0.228 e. The van der Waals surface area contributed by atoms with E-state index >= 15 is 0 Å². The number of hydrogen-bond donors (Lipinski definition) is 2. The molecule has 1 aromatic rings. The Morgan fingerprint density at radius 2 is 2.12 bits per heavy atom. The van der Waals surface area contributed by atoms with Crippen LogP contribution in [-0.2, 0) is 11.2 Å². The van der Waals surface area contributed by atoms with Crippen LogP contribution in [0.2, 0.25) is 0 Å². The lowest BCUT2D eigenvalue weighted by Crippen LogP contribution is -2.35. The average Bonchev–Trinajstić information content (AvgIpc) is 3.12. The lowest BCUT2D eigenvalue weighted by molar-refractivity contribution is -0.127. The van der Waals surface area contributed by atoms with Gasteiger partial charge in [0.05, 0.1) is 12.0 Å². The average molecular weight is 237 g/mol. The maximum absolute atomic E-state index is 13.3. The van der Waals surface area contributed by atoms with E-state index in [1.807, 2.05) is 0 Å². The molecular formula is C13H16FNO2. The Bertz CT molecular complexity index is 416. The molecule has 0 unspecified atom stereocenters. The highest BCUT2D eigenvalue weighted by atomic mass is 19.1. The molecule has 0 saturated heterocycles. The summed E-state index contributed by atoms with van der Waals surface area (Å²) in [7, 11) is 0. The van der Waals surface area contributed by atoms with Gasteiger partial charge in [-0.05, 0) is 30.9 Å². The Hall–Kier alpha value is -1.42. The molecule has 3 nitrogen and oxygen atoms in total. The van der Waals surface area contributed by atoms with Gasteiger partial charge in [0.1, 0.15) is 5.82 Å². The van der Waals surface area contributed by atoms with Gasteiger partial charge in [-0.3, -0.25) is 4.79 Å². The molecule has 0 aliphatic heterocycles. The van der Waals surface area contributed by atoms with Crippen molar-refractivity contribution in [3.8, 4) is 0 Å². The number of nitrogens with one attached hydrogen (secondary N) is 1. The number of rotatable bonds is 5. The molecule has 0 aromatic heterocycles. The van der Waals surface area contributed by atoms with Crippen molar-refractivity contribution in [2.24, 2.45) is 5.41 Å². The van der Waals surface area contributed by atoms with Gasteiger partial charge in [-0.1, -0.05) is 18.2 Å². The Morgan fingerprint density at radius 1 is 1.41 bits per heavy atom. The Morgan fingerprint density at radius 3 is 2.71 bits per heavy atom. The molecule has 1 fully saturated rings. The van der Waals surface area contributed by atoms with Crippen molar-refractivity contribution < 1.29 is 14.3 Å². The van der Waals surface area contributed by atoms with Crippen molar-refractivity contribution in [1.82, 2.24) is 5.32 Å². The minimum absolute atomic E-state index is 0.0987. The third kappa shape index (κ3) is 2.64. The van der Waals surface area contributed by atoms with E-state index in [0.29, 0.717) is 18.5 Å². The third-order valence-corrected chi connectivity index (χ3v) is 3.28. The molecule has 0 spiro atoms. The number of aliphatic hydroxyl groups excluding tert-OH is 1. The maximum atomic E-state index is 13.3. The van der Waals surface area contributed by atoms with E-state index in [2.05, 4.69) is 5.32 Å². The number of amides is 1. The van der Waals surface area contributed by atoms with Crippen molar-refractivity contribution in [3.05, 3.63) is 35.6 Å². The van der Waals surface area contributed by atoms with Gasteiger partial charge < -0.3 is 10.4 Å². The largest absolute Gasteiger partial charge is 0.395 e. The molecule has 1 aliphatic rings. The SMILES string of the molecule is O=C(NCCc1ccccc1F)C1(CO)CC1.